The van der Waals surface area contributed by atoms with Crippen molar-refractivity contribution in [3.05, 3.63) is 40.4 Å². The van der Waals surface area contributed by atoms with E-state index in [4.69, 9.17) is 4.74 Å². The van der Waals surface area contributed by atoms with Crippen molar-refractivity contribution in [2.45, 2.75) is 13.5 Å². The lowest BCUT2D eigenvalue weighted by Gasteiger charge is -2.11. The Morgan fingerprint density at radius 1 is 1.24 bits per heavy atom. The molecule has 2 N–H and O–H groups in total. The summed E-state index contributed by atoms with van der Waals surface area (Å²) in [4.78, 5) is 8.65. The molecule has 0 saturated carbocycles. The van der Waals surface area contributed by atoms with Crippen LogP contribution in [0.3, 0.4) is 0 Å². The Bertz CT molecular complexity index is 624. The number of nitrogens with one attached hydrogen (secondary N) is 2. The number of rotatable bonds is 6. The second-order valence-electron chi connectivity index (χ2n) is 4.19. The van der Waals surface area contributed by atoms with E-state index >= 15 is 0 Å². The maximum absolute atomic E-state index is 13.3. The molecule has 2 aromatic rings. The van der Waals surface area contributed by atoms with Crippen LogP contribution in [-0.4, -0.2) is 23.6 Å². The third-order valence-electron chi connectivity index (χ3n) is 2.66. The predicted octanol–water partition coefficient (Wildman–Crippen LogP) is 3.70. The van der Waals surface area contributed by atoms with E-state index in [2.05, 4.69) is 36.5 Å². The summed E-state index contributed by atoms with van der Waals surface area (Å²) in [5.41, 5.74) is 0.595. The highest BCUT2D eigenvalue weighted by atomic mass is 79.9. The molecular formula is C14H16BrFN4O. The molecule has 5 nitrogen and oxygen atoms in total. The fourth-order valence-electron chi connectivity index (χ4n) is 1.68. The van der Waals surface area contributed by atoms with Gasteiger partial charge in [-0.1, -0.05) is 0 Å². The van der Waals surface area contributed by atoms with E-state index in [1.807, 2.05) is 6.92 Å². The van der Waals surface area contributed by atoms with Crippen LogP contribution in [0.1, 0.15) is 12.7 Å². The van der Waals surface area contributed by atoms with Crippen molar-refractivity contribution in [1.82, 2.24) is 9.97 Å². The van der Waals surface area contributed by atoms with Crippen LogP contribution in [0.25, 0.3) is 0 Å². The molecule has 0 saturated heterocycles. The van der Waals surface area contributed by atoms with Crippen molar-refractivity contribution in [2.75, 3.05) is 24.3 Å². The van der Waals surface area contributed by atoms with Crippen LogP contribution in [0.5, 0.6) is 0 Å². The predicted molar refractivity (Wildman–Crippen MR) is 84.3 cm³/mol. The van der Waals surface area contributed by atoms with Crippen LogP contribution in [0.2, 0.25) is 0 Å². The number of anilines is 3. The van der Waals surface area contributed by atoms with E-state index in [9.17, 15) is 4.39 Å². The molecule has 0 spiro atoms. The van der Waals surface area contributed by atoms with Gasteiger partial charge in [0.2, 0.25) is 0 Å². The average Bonchev–Trinajstić information content (AvgIpc) is 2.48. The number of hydrogen-bond acceptors (Lipinski definition) is 5. The van der Waals surface area contributed by atoms with Gasteiger partial charge in [-0.05, 0) is 41.1 Å². The highest BCUT2D eigenvalue weighted by Crippen LogP contribution is 2.26. The van der Waals surface area contributed by atoms with Crippen molar-refractivity contribution < 1.29 is 9.13 Å². The van der Waals surface area contributed by atoms with Gasteiger partial charge in [-0.25, -0.2) is 14.4 Å². The summed E-state index contributed by atoms with van der Waals surface area (Å²) >= 11 is 3.37. The number of aromatic nitrogens is 2. The SMILES string of the molecule is CCOCc1nc(NC)cc(Nc2cc(F)ccc2Br)n1. The zero-order valence-electron chi connectivity index (χ0n) is 11.8. The first-order valence-electron chi connectivity index (χ1n) is 6.48. The molecule has 0 aliphatic carbocycles. The largest absolute Gasteiger partial charge is 0.374 e. The van der Waals surface area contributed by atoms with Crippen molar-refractivity contribution in [3.63, 3.8) is 0 Å². The third kappa shape index (κ3) is 4.37. The van der Waals surface area contributed by atoms with E-state index in [1.54, 1.807) is 19.2 Å². The number of halogens is 2. The number of benzene rings is 1. The van der Waals surface area contributed by atoms with Crippen LogP contribution >= 0.6 is 15.9 Å². The number of nitrogens with zero attached hydrogens (tertiary/aromatic N) is 2. The lowest BCUT2D eigenvalue weighted by molar-refractivity contribution is 0.128. The maximum Gasteiger partial charge on any atom is 0.158 e. The molecule has 1 aromatic carbocycles. The summed E-state index contributed by atoms with van der Waals surface area (Å²) in [7, 11) is 1.77. The zero-order chi connectivity index (χ0) is 15.2. The van der Waals surface area contributed by atoms with Crippen molar-refractivity contribution in [2.24, 2.45) is 0 Å². The van der Waals surface area contributed by atoms with Gasteiger partial charge in [0.1, 0.15) is 24.1 Å². The number of hydrogen-bond donors (Lipinski definition) is 2. The van der Waals surface area contributed by atoms with Crippen molar-refractivity contribution >= 4 is 33.3 Å². The van der Waals surface area contributed by atoms with Gasteiger partial charge in [-0.2, -0.15) is 0 Å². The van der Waals surface area contributed by atoms with E-state index in [-0.39, 0.29) is 5.82 Å². The first-order valence-corrected chi connectivity index (χ1v) is 7.27. The molecule has 0 amide bonds. The molecule has 0 radical (unpaired) electrons. The van der Waals surface area contributed by atoms with Gasteiger partial charge < -0.3 is 15.4 Å². The van der Waals surface area contributed by atoms with Crippen LogP contribution in [0.15, 0.2) is 28.7 Å². The Balaban J connectivity index is 2.27. The minimum atomic E-state index is -0.321. The standard InChI is InChI=1S/C14H16BrFN4O/c1-3-21-8-14-19-12(17-2)7-13(20-14)18-11-6-9(16)4-5-10(11)15/h4-7H,3,8H2,1-2H3,(H2,17,18,19,20). The molecule has 1 heterocycles. The summed E-state index contributed by atoms with van der Waals surface area (Å²) in [6.45, 7) is 2.82. The maximum atomic E-state index is 13.3. The van der Waals surface area contributed by atoms with Gasteiger partial charge in [0.05, 0.1) is 5.69 Å². The Morgan fingerprint density at radius 2 is 2.00 bits per heavy atom. The molecule has 0 aliphatic rings. The van der Waals surface area contributed by atoms with E-state index in [0.717, 1.165) is 4.47 Å². The third-order valence-corrected chi connectivity index (χ3v) is 3.35. The van der Waals surface area contributed by atoms with Gasteiger partial charge in [-0.3, -0.25) is 0 Å². The fourth-order valence-corrected chi connectivity index (χ4v) is 2.02. The van der Waals surface area contributed by atoms with E-state index < -0.39 is 0 Å². The first kappa shape index (κ1) is 15.7. The molecule has 0 unspecified atom stereocenters. The van der Waals surface area contributed by atoms with Crippen LogP contribution in [0.4, 0.5) is 21.7 Å². The van der Waals surface area contributed by atoms with Crippen LogP contribution in [-0.2, 0) is 11.3 Å². The summed E-state index contributed by atoms with van der Waals surface area (Å²) in [5, 5.41) is 6.03. The highest BCUT2D eigenvalue weighted by molar-refractivity contribution is 9.10. The van der Waals surface area contributed by atoms with Crippen molar-refractivity contribution in [1.29, 1.82) is 0 Å². The zero-order valence-corrected chi connectivity index (χ0v) is 13.4. The minimum absolute atomic E-state index is 0.321. The molecule has 112 valence electrons. The second kappa shape index (κ2) is 7.33. The molecular weight excluding hydrogens is 339 g/mol. The monoisotopic (exact) mass is 354 g/mol. The van der Waals surface area contributed by atoms with Gasteiger partial charge in [0, 0.05) is 24.2 Å². The summed E-state index contributed by atoms with van der Waals surface area (Å²) in [5.74, 6) is 1.46. The van der Waals surface area contributed by atoms with Gasteiger partial charge >= 0.3 is 0 Å². The second-order valence-corrected chi connectivity index (χ2v) is 5.05. The van der Waals surface area contributed by atoms with Crippen LogP contribution in [0, 0.1) is 5.82 Å². The molecule has 0 atom stereocenters. The lowest BCUT2D eigenvalue weighted by atomic mass is 10.3. The Hall–Kier alpha value is -1.73. The fraction of sp³-hybridized carbons (Fsp3) is 0.286. The molecule has 0 fully saturated rings. The molecule has 0 bridgehead atoms. The Labute approximate surface area is 131 Å². The Kier molecular flexibility index (Phi) is 5.46. The van der Waals surface area contributed by atoms with Gasteiger partial charge in [-0.15, -0.1) is 0 Å². The minimum Gasteiger partial charge on any atom is -0.374 e. The van der Waals surface area contributed by atoms with Gasteiger partial charge in [0.25, 0.3) is 0 Å². The summed E-state index contributed by atoms with van der Waals surface area (Å²) < 4.78 is 19.4. The highest BCUT2D eigenvalue weighted by Gasteiger charge is 2.07. The summed E-state index contributed by atoms with van der Waals surface area (Å²) in [6, 6.07) is 6.16. The van der Waals surface area contributed by atoms with E-state index in [0.29, 0.717) is 36.4 Å². The molecule has 2 rings (SSSR count). The average molecular weight is 355 g/mol. The Morgan fingerprint density at radius 3 is 2.71 bits per heavy atom. The van der Waals surface area contributed by atoms with Gasteiger partial charge in [0.15, 0.2) is 5.82 Å². The van der Waals surface area contributed by atoms with E-state index in [1.165, 1.54) is 12.1 Å². The molecule has 7 heteroatoms. The molecule has 21 heavy (non-hydrogen) atoms. The number of ether oxygens (including phenoxy) is 1. The van der Waals surface area contributed by atoms with Crippen molar-refractivity contribution in [3.8, 4) is 0 Å². The normalized spacial score (nSPS) is 10.5. The smallest absolute Gasteiger partial charge is 0.158 e. The quantitative estimate of drug-likeness (QED) is 0.828. The first-order chi connectivity index (χ1) is 10.1. The lowest BCUT2D eigenvalue weighted by Crippen LogP contribution is -2.05. The molecule has 1 aromatic heterocycles. The molecule has 0 aliphatic heterocycles. The van der Waals surface area contributed by atoms with Crippen LogP contribution < -0.4 is 10.6 Å². The topological polar surface area (TPSA) is 59.1 Å². The summed E-state index contributed by atoms with van der Waals surface area (Å²) in [6.07, 6.45) is 0.